The van der Waals surface area contributed by atoms with E-state index in [-0.39, 0.29) is 17.9 Å². The number of hydrogen-bond acceptors (Lipinski definition) is 6. The van der Waals surface area contributed by atoms with Gasteiger partial charge in [0.2, 0.25) is 0 Å². The predicted molar refractivity (Wildman–Crippen MR) is 126 cm³/mol. The molecule has 1 aromatic heterocycles. The zero-order valence-electron chi connectivity index (χ0n) is 20.0. The number of halogens is 5. The highest BCUT2D eigenvalue weighted by atomic mass is 19.4. The van der Waals surface area contributed by atoms with E-state index in [9.17, 15) is 26.7 Å². The van der Waals surface area contributed by atoms with Crippen molar-refractivity contribution in [3.63, 3.8) is 0 Å². The summed E-state index contributed by atoms with van der Waals surface area (Å²) in [6.45, 7) is 2.50. The lowest BCUT2D eigenvalue weighted by Gasteiger charge is -2.43. The van der Waals surface area contributed by atoms with Crippen LogP contribution in [0.2, 0.25) is 0 Å². The number of likely N-dealkylation sites (tertiary alicyclic amines) is 1. The Kier molecular flexibility index (Phi) is 7.95. The standard InChI is InChI=1S/C24H27F5N6O/c1-14-4-6-16(7-5-14)17(9-31-3)21(30)22(36)35-13-23(25,26)8-15(2)18(35)10-33-20-12-32-19(11-34-20)24(27,28)29/h4-7,9,11-12,15,18,30-31H,8,10,13H2,1-3H3,(H,33,34)/b17-9-,30-21?. The molecule has 0 radical (unpaired) electrons. The fourth-order valence-electron chi connectivity index (χ4n) is 4.09. The molecule has 2 atom stereocenters. The maximum atomic E-state index is 14.5. The summed E-state index contributed by atoms with van der Waals surface area (Å²) >= 11 is 0. The largest absolute Gasteiger partial charge is 0.434 e. The molecule has 1 aromatic carbocycles. The van der Waals surface area contributed by atoms with Gasteiger partial charge in [0, 0.05) is 31.8 Å². The molecule has 2 unspecified atom stereocenters. The van der Waals surface area contributed by atoms with Crippen molar-refractivity contribution in [1.82, 2.24) is 20.2 Å². The van der Waals surface area contributed by atoms with Crippen LogP contribution in [0.3, 0.4) is 0 Å². The van der Waals surface area contributed by atoms with Crippen LogP contribution in [0.25, 0.3) is 5.57 Å². The van der Waals surface area contributed by atoms with E-state index in [1.165, 1.54) is 6.20 Å². The number of piperidine rings is 1. The number of nitrogens with one attached hydrogen (secondary N) is 3. The second-order valence-corrected chi connectivity index (χ2v) is 8.79. The zero-order valence-corrected chi connectivity index (χ0v) is 20.0. The van der Waals surface area contributed by atoms with Gasteiger partial charge in [0.15, 0.2) is 5.69 Å². The van der Waals surface area contributed by atoms with E-state index in [1.807, 2.05) is 19.1 Å². The number of aromatic nitrogens is 2. The third kappa shape index (κ3) is 6.35. The summed E-state index contributed by atoms with van der Waals surface area (Å²) in [7, 11) is 1.60. The van der Waals surface area contributed by atoms with E-state index in [0.717, 1.165) is 16.7 Å². The average molecular weight is 511 g/mol. The first-order valence-corrected chi connectivity index (χ1v) is 11.2. The molecule has 2 aromatic rings. The molecule has 1 amide bonds. The van der Waals surface area contributed by atoms with Gasteiger partial charge in [-0.2, -0.15) is 13.2 Å². The summed E-state index contributed by atoms with van der Waals surface area (Å²) in [6, 6.07) is 6.32. The van der Waals surface area contributed by atoms with Crippen molar-refractivity contribution in [2.75, 3.05) is 25.5 Å². The number of benzene rings is 1. The van der Waals surface area contributed by atoms with E-state index in [2.05, 4.69) is 20.6 Å². The third-order valence-corrected chi connectivity index (χ3v) is 5.91. The molecule has 7 nitrogen and oxygen atoms in total. The first-order valence-electron chi connectivity index (χ1n) is 11.2. The molecular weight excluding hydrogens is 483 g/mol. The summed E-state index contributed by atoms with van der Waals surface area (Å²) in [5, 5.41) is 14.1. The highest BCUT2D eigenvalue weighted by Crippen LogP contribution is 2.35. The van der Waals surface area contributed by atoms with E-state index in [1.54, 1.807) is 26.1 Å². The van der Waals surface area contributed by atoms with Crippen molar-refractivity contribution in [1.29, 1.82) is 5.41 Å². The van der Waals surface area contributed by atoms with Crippen LogP contribution in [0, 0.1) is 18.3 Å². The topological polar surface area (TPSA) is 94.0 Å². The minimum absolute atomic E-state index is 0.00503. The zero-order chi connectivity index (χ0) is 26.7. The van der Waals surface area contributed by atoms with Crippen LogP contribution in [0.4, 0.5) is 27.8 Å². The Hall–Kier alpha value is -3.57. The first kappa shape index (κ1) is 27.0. The van der Waals surface area contributed by atoms with Gasteiger partial charge in [0.25, 0.3) is 11.8 Å². The smallest absolute Gasteiger partial charge is 0.393 e. The van der Waals surface area contributed by atoms with Gasteiger partial charge in [-0.15, -0.1) is 0 Å². The molecule has 12 heteroatoms. The molecule has 194 valence electrons. The van der Waals surface area contributed by atoms with Gasteiger partial charge in [0.1, 0.15) is 11.5 Å². The van der Waals surface area contributed by atoms with Gasteiger partial charge in [-0.3, -0.25) is 10.2 Å². The number of carbonyl (C=O) groups is 1. The number of carbonyl (C=O) groups excluding carboxylic acids is 1. The minimum Gasteiger partial charge on any atom is -0.393 e. The lowest BCUT2D eigenvalue weighted by Crippen LogP contribution is -2.58. The van der Waals surface area contributed by atoms with Crippen LogP contribution >= 0.6 is 0 Å². The summed E-state index contributed by atoms with van der Waals surface area (Å²) < 4.78 is 67.2. The number of amides is 1. The highest BCUT2D eigenvalue weighted by molar-refractivity contribution is 6.54. The molecule has 36 heavy (non-hydrogen) atoms. The average Bonchev–Trinajstić information content (AvgIpc) is 2.80. The molecule has 3 rings (SSSR count). The van der Waals surface area contributed by atoms with E-state index < -0.39 is 54.3 Å². The quantitative estimate of drug-likeness (QED) is 0.380. The molecule has 0 aliphatic carbocycles. The Labute approximate surface area is 205 Å². The van der Waals surface area contributed by atoms with E-state index >= 15 is 0 Å². The second-order valence-electron chi connectivity index (χ2n) is 8.79. The normalized spacial score (nSPS) is 20.1. The van der Waals surface area contributed by atoms with Crippen molar-refractivity contribution in [2.45, 2.75) is 38.4 Å². The van der Waals surface area contributed by atoms with Crippen molar-refractivity contribution in [3.05, 3.63) is 59.7 Å². The third-order valence-electron chi connectivity index (χ3n) is 5.91. The van der Waals surface area contributed by atoms with Gasteiger partial charge in [-0.1, -0.05) is 36.8 Å². The number of nitrogens with zero attached hydrogens (tertiary/aromatic N) is 3. The number of hydrogen-bond donors (Lipinski definition) is 3. The summed E-state index contributed by atoms with van der Waals surface area (Å²) in [6.07, 6.45) is -2.21. The van der Waals surface area contributed by atoms with Gasteiger partial charge in [0.05, 0.1) is 25.0 Å². The Bertz CT molecular complexity index is 1120. The second kappa shape index (κ2) is 10.6. The summed E-state index contributed by atoms with van der Waals surface area (Å²) in [5.74, 6) is -4.70. The Morgan fingerprint density at radius 3 is 2.44 bits per heavy atom. The molecule has 0 saturated carbocycles. The molecule has 3 N–H and O–H groups in total. The van der Waals surface area contributed by atoms with Crippen LogP contribution in [0.1, 0.15) is 30.2 Å². The summed E-state index contributed by atoms with van der Waals surface area (Å²) in [4.78, 5) is 21.3. The molecule has 1 aliphatic heterocycles. The van der Waals surface area contributed by atoms with Crippen molar-refractivity contribution >= 4 is 23.0 Å². The highest BCUT2D eigenvalue weighted by Gasteiger charge is 2.46. The maximum absolute atomic E-state index is 14.5. The Morgan fingerprint density at radius 2 is 1.89 bits per heavy atom. The number of anilines is 1. The van der Waals surface area contributed by atoms with E-state index in [0.29, 0.717) is 11.8 Å². The molecule has 1 fully saturated rings. The monoisotopic (exact) mass is 510 g/mol. The first-order chi connectivity index (χ1) is 16.8. The predicted octanol–water partition coefficient (Wildman–Crippen LogP) is 4.37. The van der Waals surface area contributed by atoms with Crippen LogP contribution in [0.15, 0.2) is 42.9 Å². The molecular formula is C24H27F5N6O. The van der Waals surface area contributed by atoms with Crippen LogP contribution in [-0.4, -0.2) is 58.6 Å². The van der Waals surface area contributed by atoms with Crippen molar-refractivity contribution < 1.29 is 26.7 Å². The maximum Gasteiger partial charge on any atom is 0.434 e. The van der Waals surface area contributed by atoms with Gasteiger partial charge >= 0.3 is 6.18 Å². The molecule has 2 heterocycles. The van der Waals surface area contributed by atoms with Crippen molar-refractivity contribution in [3.8, 4) is 0 Å². The molecule has 0 bridgehead atoms. The van der Waals surface area contributed by atoms with Crippen molar-refractivity contribution in [2.24, 2.45) is 5.92 Å². The fourth-order valence-corrected chi connectivity index (χ4v) is 4.09. The molecule has 0 spiro atoms. The Morgan fingerprint density at radius 1 is 1.22 bits per heavy atom. The van der Waals surface area contributed by atoms with Gasteiger partial charge in [-0.05, 0) is 18.4 Å². The van der Waals surface area contributed by atoms with Crippen LogP contribution in [-0.2, 0) is 11.0 Å². The number of rotatable bonds is 7. The Balaban J connectivity index is 1.84. The van der Waals surface area contributed by atoms with Gasteiger partial charge in [-0.25, -0.2) is 18.7 Å². The van der Waals surface area contributed by atoms with E-state index in [4.69, 9.17) is 5.41 Å². The lowest BCUT2D eigenvalue weighted by atomic mass is 9.87. The number of aryl methyl sites for hydroxylation is 1. The van der Waals surface area contributed by atoms with Gasteiger partial charge < -0.3 is 15.5 Å². The molecule has 1 aliphatic rings. The van der Waals surface area contributed by atoms with Crippen LogP contribution < -0.4 is 10.6 Å². The SMILES string of the molecule is CN/C=C(\C(=N)C(=O)N1CC(F)(F)CC(C)C1CNc1cnc(C(F)(F)F)cn1)c1ccc(C)cc1. The fraction of sp³-hybridized carbons (Fsp3) is 0.417. The summed E-state index contributed by atoms with van der Waals surface area (Å²) in [5.41, 5.74) is 0.160. The van der Waals surface area contributed by atoms with Crippen LogP contribution in [0.5, 0.6) is 0 Å². The molecule has 1 saturated heterocycles. The minimum atomic E-state index is -4.64. The number of alkyl halides is 5. The lowest BCUT2D eigenvalue weighted by molar-refractivity contribution is -0.145.